The van der Waals surface area contributed by atoms with Crippen LogP contribution in [0.3, 0.4) is 0 Å². The summed E-state index contributed by atoms with van der Waals surface area (Å²) >= 11 is 0. The summed E-state index contributed by atoms with van der Waals surface area (Å²) in [4.78, 5) is 0. The predicted molar refractivity (Wildman–Crippen MR) is 47.2 cm³/mol. The molecule has 0 radical (unpaired) electrons. The van der Waals surface area contributed by atoms with Gasteiger partial charge in [-0.15, -0.1) is 0 Å². The van der Waals surface area contributed by atoms with Crippen LogP contribution in [0.25, 0.3) is 0 Å². The lowest BCUT2D eigenvalue weighted by Gasteiger charge is -2.41. The largest absolute Gasteiger partial charge is 0.376 e. The van der Waals surface area contributed by atoms with Crippen LogP contribution in [-0.2, 0) is 9.47 Å². The molecule has 0 aromatic rings. The maximum atomic E-state index is 5.75. The van der Waals surface area contributed by atoms with E-state index in [0.29, 0.717) is 6.10 Å². The molecule has 2 rings (SSSR count). The number of hydrogen-bond donors (Lipinski definition) is 0. The van der Waals surface area contributed by atoms with Crippen LogP contribution in [0.15, 0.2) is 0 Å². The molecule has 0 aromatic heterocycles. The van der Waals surface area contributed by atoms with Crippen molar-refractivity contribution in [3.8, 4) is 0 Å². The minimum absolute atomic E-state index is 0.107. The molecule has 70 valence electrons. The van der Waals surface area contributed by atoms with Gasteiger partial charge in [-0.05, 0) is 38.5 Å². The van der Waals surface area contributed by atoms with E-state index in [4.69, 9.17) is 9.47 Å². The second-order valence-corrected chi connectivity index (χ2v) is 4.10. The Morgan fingerprint density at radius 1 is 1.25 bits per heavy atom. The molecule has 0 amide bonds. The highest BCUT2D eigenvalue weighted by molar-refractivity contribution is 4.89. The molecule has 0 saturated heterocycles. The van der Waals surface area contributed by atoms with E-state index >= 15 is 0 Å². The van der Waals surface area contributed by atoms with Gasteiger partial charge in [0.05, 0.1) is 18.3 Å². The Morgan fingerprint density at radius 3 is 2.33 bits per heavy atom. The highest BCUT2D eigenvalue weighted by Crippen LogP contribution is 2.36. The van der Waals surface area contributed by atoms with Gasteiger partial charge in [0.1, 0.15) is 0 Å². The molecule has 0 aromatic carbocycles. The van der Waals surface area contributed by atoms with E-state index in [-0.39, 0.29) is 5.60 Å². The molecule has 2 aliphatic rings. The summed E-state index contributed by atoms with van der Waals surface area (Å²) in [6, 6.07) is 0. The molecule has 0 aliphatic heterocycles. The number of rotatable bonds is 4. The lowest BCUT2D eigenvalue weighted by Crippen LogP contribution is -2.45. The monoisotopic (exact) mass is 170 g/mol. The molecule has 0 bridgehead atoms. The molecule has 2 aliphatic carbocycles. The standard InChI is InChI=1S/C10H18O2/c1-11-10(6-3-7-10)8-12-9-4-2-5-9/h9H,2-8H2,1H3. The van der Waals surface area contributed by atoms with Crippen molar-refractivity contribution >= 4 is 0 Å². The van der Waals surface area contributed by atoms with Crippen LogP contribution in [0, 0.1) is 0 Å². The second-order valence-electron chi connectivity index (χ2n) is 4.10. The molecule has 2 saturated carbocycles. The Labute approximate surface area is 74.2 Å². The number of hydrogen-bond acceptors (Lipinski definition) is 2. The SMILES string of the molecule is COC1(COC2CCC2)CCC1. The van der Waals surface area contributed by atoms with Crippen molar-refractivity contribution in [2.45, 2.75) is 50.2 Å². The molecular weight excluding hydrogens is 152 g/mol. The maximum Gasteiger partial charge on any atom is 0.0911 e. The zero-order chi connectivity index (χ0) is 8.44. The minimum atomic E-state index is 0.107. The first-order valence-corrected chi connectivity index (χ1v) is 5.01. The predicted octanol–water partition coefficient (Wildman–Crippen LogP) is 2.12. The lowest BCUT2D eigenvalue weighted by molar-refractivity contribution is -0.146. The van der Waals surface area contributed by atoms with Crippen molar-refractivity contribution in [2.24, 2.45) is 0 Å². The van der Waals surface area contributed by atoms with Crippen LogP contribution in [0.1, 0.15) is 38.5 Å². The average molecular weight is 170 g/mol. The first-order chi connectivity index (χ1) is 5.85. The van der Waals surface area contributed by atoms with Crippen molar-refractivity contribution in [2.75, 3.05) is 13.7 Å². The van der Waals surface area contributed by atoms with Crippen LogP contribution < -0.4 is 0 Å². The molecule has 2 fully saturated rings. The topological polar surface area (TPSA) is 18.5 Å². The van der Waals surface area contributed by atoms with Gasteiger partial charge in [0.25, 0.3) is 0 Å². The Balaban J connectivity index is 1.69. The molecule has 0 heterocycles. The van der Waals surface area contributed by atoms with Gasteiger partial charge < -0.3 is 9.47 Å². The van der Waals surface area contributed by atoms with Crippen molar-refractivity contribution in [3.05, 3.63) is 0 Å². The van der Waals surface area contributed by atoms with Gasteiger partial charge in [0.15, 0.2) is 0 Å². The summed E-state index contributed by atoms with van der Waals surface area (Å²) in [6.07, 6.45) is 8.12. The van der Waals surface area contributed by atoms with Crippen molar-refractivity contribution in [1.29, 1.82) is 0 Å². The van der Waals surface area contributed by atoms with E-state index in [1.54, 1.807) is 0 Å². The summed E-state index contributed by atoms with van der Waals surface area (Å²) in [5.41, 5.74) is 0.107. The second kappa shape index (κ2) is 3.35. The third-order valence-corrected chi connectivity index (χ3v) is 3.33. The molecule has 2 heteroatoms. The quantitative estimate of drug-likeness (QED) is 0.643. The van der Waals surface area contributed by atoms with E-state index in [9.17, 15) is 0 Å². The molecule has 0 spiro atoms. The van der Waals surface area contributed by atoms with E-state index < -0.39 is 0 Å². The summed E-state index contributed by atoms with van der Waals surface area (Å²) in [5.74, 6) is 0. The maximum absolute atomic E-state index is 5.75. The van der Waals surface area contributed by atoms with Crippen molar-refractivity contribution in [1.82, 2.24) is 0 Å². The first kappa shape index (κ1) is 8.52. The fraction of sp³-hybridized carbons (Fsp3) is 1.00. The Bertz CT molecular complexity index is 142. The summed E-state index contributed by atoms with van der Waals surface area (Å²) in [7, 11) is 1.81. The highest BCUT2D eigenvalue weighted by Gasteiger charge is 2.38. The molecule has 2 nitrogen and oxygen atoms in total. The number of methoxy groups -OCH3 is 1. The van der Waals surface area contributed by atoms with Gasteiger partial charge in [-0.3, -0.25) is 0 Å². The van der Waals surface area contributed by atoms with Crippen molar-refractivity contribution < 1.29 is 9.47 Å². The first-order valence-electron chi connectivity index (χ1n) is 5.01. The van der Waals surface area contributed by atoms with Gasteiger partial charge in [0.2, 0.25) is 0 Å². The van der Waals surface area contributed by atoms with Crippen LogP contribution in [0.5, 0.6) is 0 Å². The fourth-order valence-electron chi connectivity index (χ4n) is 1.79. The zero-order valence-electron chi connectivity index (χ0n) is 7.84. The average Bonchev–Trinajstić information content (AvgIpc) is 1.91. The third-order valence-electron chi connectivity index (χ3n) is 3.33. The molecule has 0 atom stereocenters. The van der Waals surface area contributed by atoms with Gasteiger partial charge >= 0.3 is 0 Å². The van der Waals surface area contributed by atoms with E-state index in [1.165, 1.54) is 38.5 Å². The van der Waals surface area contributed by atoms with E-state index in [2.05, 4.69) is 0 Å². The van der Waals surface area contributed by atoms with Gasteiger partial charge in [-0.25, -0.2) is 0 Å². The summed E-state index contributed by atoms with van der Waals surface area (Å²) < 4.78 is 11.2. The van der Waals surface area contributed by atoms with Gasteiger partial charge in [-0.2, -0.15) is 0 Å². The third kappa shape index (κ3) is 1.50. The number of ether oxygens (including phenoxy) is 2. The smallest absolute Gasteiger partial charge is 0.0911 e. The minimum Gasteiger partial charge on any atom is -0.376 e. The van der Waals surface area contributed by atoms with Crippen LogP contribution in [0.2, 0.25) is 0 Å². The Hall–Kier alpha value is -0.0800. The molecule has 0 unspecified atom stereocenters. The Morgan fingerprint density at radius 2 is 2.00 bits per heavy atom. The van der Waals surface area contributed by atoms with Gasteiger partial charge in [0, 0.05) is 7.11 Å². The Kier molecular flexibility index (Phi) is 2.37. The summed E-state index contributed by atoms with van der Waals surface area (Å²) in [5, 5.41) is 0. The van der Waals surface area contributed by atoms with Crippen LogP contribution in [0.4, 0.5) is 0 Å². The van der Waals surface area contributed by atoms with E-state index in [0.717, 1.165) is 6.61 Å². The molecule has 12 heavy (non-hydrogen) atoms. The summed E-state index contributed by atoms with van der Waals surface area (Å²) in [6.45, 7) is 0.828. The van der Waals surface area contributed by atoms with Crippen LogP contribution >= 0.6 is 0 Å². The fourth-order valence-corrected chi connectivity index (χ4v) is 1.79. The lowest BCUT2D eigenvalue weighted by atomic mass is 9.80. The molecular formula is C10H18O2. The zero-order valence-corrected chi connectivity index (χ0v) is 7.84. The normalized spacial score (nSPS) is 27.8. The van der Waals surface area contributed by atoms with Gasteiger partial charge in [-0.1, -0.05) is 0 Å². The molecule has 0 N–H and O–H groups in total. The van der Waals surface area contributed by atoms with Crippen molar-refractivity contribution in [3.63, 3.8) is 0 Å². The highest BCUT2D eigenvalue weighted by atomic mass is 16.5. The van der Waals surface area contributed by atoms with Crippen LogP contribution in [-0.4, -0.2) is 25.4 Å². The van der Waals surface area contributed by atoms with E-state index in [1.807, 2.05) is 7.11 Å².